The Morgan fingerprint density at radius 3 is 2.59 bits per heavy atom. The van der Waals surface area contributed by atoms with Crippen LogP contribution in [0.3, 0.4) is 0 Å². The zero-order valence-corrected chi connectivity index (χ0v) is 11.2. The molecule has 0 radical (unpaired) electrons. The van der Waals surface area contributed by atoms with Crippen molar-refractivity contribution in [1.29, 1.82) is 0 Å². The zero-order valence-electron chi connectivity index (χ0n) is 9.63. The minimum Gasteiger partial charge on any atom is -0.496 e. The van der Waals surface area contributed by atoms with E-state index in [-0.39, 0.29) is 12.4 Å². The Hall–Kier alpha value is -0.510. The Labute approximate surface area is 112 Å². The van der Waals surface area contributed by atoms with Crippen molar-refractivity contribution in [3.8, 4) is 5.75 Å². The van der Waals surface area contributed by atoms with E-state index in [9.17, 15) is 4.39 Å². The first-order valence-electron chi connectivity index (χ1n) is 5.39. The number of ether oxygens (including phenoxy) is 1. The summed E-state index contributed by atoms with van der Waals surface area (Å²) >= 11 is 5.87. The first-order chi connectivity index (χ1) is 7.65. The lowest BCUT2D eigenvalue weighted by Crippen LogP contribution is -2.36. The van der Waals surface area contributed by atoms with Gasteiger partial charge in [-0.15, -0.1) is 12.4 Å². The predicted octanol–water partition coefficient (Wildman–Crippen LogP) is 3.32. The van der Waals surface area contributed by atoms with Crippen LogP contribution in [0, 0.1) is 0 Å². The van der Waals surface area contributed by atoms with Crippen molar-refractivity contribution in [2.24, 2.45) is 0 Å². The summed E-state index contributed by atoms with van der Waals surface area (Å²) in [5, 5.41) is 3.72. The average molecular weight is 280 g/mol. The summed E-state index contributed by atoms with van der Waals surface area (Å²) < 4.78 is 19.9. The molecule has 1 aliphatic rings. The summed E-state index contributed by atoms with van der Waals surface area (Å²) in [5.41, 5.74) is -0.679. The lowest BCUT2D eigenvalue weighted by molar-refractivity contribution is 0.111. The normalized spacial score (nSPS) is 18.3. The molecule has 1 aromatic rings. The minimum atomic E-state index is -1.29. The van der Waals surface area contributed by atoms with E-state index in [0.717, 1.165) is 0 Å². The molecular formula is C12H16Cl2FNO. The molecule has 1 saturated heterocycles. The SMILES string of the molecule is COc1cc(Cl)ccc1C1(F)CCNCC1.Cl. The van der Waals surface area contributed by atoms with Crippen LogP contribution in [0.2, 0.25) is 5.02 Å². The van der Waals surface area contributed by atoms with E-state index in [2.05, 4.69) is 5.32 Å². The Kier molecular flexibility index (Phi) is 5.04. The van der Waals surface area contributed by atoms with Crippen molar-refractivity contribution in [2.75, 3.05) is 20.2 Å². The number of rotatable bonds is 2. The highest BCUT2D eigenvalue weighted by atomic mass is 35.5. The standard InChI is InChI=1S/C12H15ClFNO.ClH/c1-16-11-8-9(13)2-3-10(11)12(14)4-6-15-7-5-12;/h2-3,8,15H,4-7H2,1H3;1H. The van der Waals surface area contributed by atoms with E-state index >= 15 is 0 Å². The van der Waals surface area contributed by atoms with Crippen LogP contribution < -0.4 is 10.1 Å². The molecule has 0 aliphatic carbocycles. The second-order valence-electron chi connectivity index (χ2n) is 4.06. The molecule has 0 amide bonds. The second kappa shape index (κ2) is 5.89. The minimum absolute atomic E-state index is 0. The van der Waals surface area contributed by atoms with Crippen molar-refractivity contribution >= 4 is 24.0 Å². The monoisotopic (exact) mass is 279 g/mol. The van der Waals surface area contributed by atoms with Gasteiger partial charge >= 0.3 is 0 Å². The van der Waals surface area contributed by atoms with Gasteiger partial charge in [-0.1, -0.05) is 17.7 Å². The molecule has 2 nitrogen and oxygen atoms in total. The Balaban J connectivity index is 0.00000144. The summed E-state index contributed by atoms with van der Waals surface area (Å²) in [6.07, 6.45) is 0.954. The van der Waals surface area contributed by atoms with Gasteiger partial charge in [0.15, 0.2) is 0 Å². The van der Waals surface area contributed by atoms with Gasteiger partial charge in [0.1, 0.15) is 11.4 Å². The molecule has 96 valence electrons. The Bertz CT molecular complexity index is 381. The first kappa shape index (κ1) is 14.6. The highest BCUT2D eigenvalue weighted by Crippen LogP contribution is 2.40. The fraction of sp³-hybridized carbons (Fsp3) is 0.500. The molecule has 0 spiro atoms. The lowest BCUT2D eigenvalue weighted by atomic mass is 9.86. The molecule has 1 N–H and O–H groups in total. The van der Waals surface area contributed by atoms with Crippen LogP contribution in [0.15, 0.2) is 18.2 Å². The lowest BCUT2D eigenvalue weighted by Gasteiger charge is -2.31. The van der Waals surface area contributed by atoms with E-state index in [0.29, 0.717) is 42.3 Å². The van der Waals surface area contributed by atoms with Gasteiger partial charge < -0.3 is 10.1 Å². The molecule has 1 aromatic carbocycles. The summed E-state index contributed by atoms with van der Waals surface area (Å²) in [4.78, 5) is 0. The molecule has 0 unspecified atom stereocenters. The maximum absolute atomic E-state index is 14.7. The number of methoxy groups -OCH3 is 1. The Morgan fingerprint density at radius 1 is 1.35 bits per heavy atom. The van der Waals surface area contributed by atoms with E-state index in [4.69, 9.17) is 16.3 Å². The number of hydrogen-bond donors (Lipinski definition) is 1. The van der Waals surface area contributed by atoms with E-state index in [1.165, 1.54) is 0 Å². The average Bonchev–Trinajstić information content (AvgIpc) is 2.29. The molecule has 1 fully saturated rings. The van der Waals surface area contributed by atoms with E-state index in [1.54, 1.807) is 25.3 Å². The topological polar surface area (TPSA) is 21.3 Å². The zero-order chi connectivity index (χ0) is 11.6. The molecule has 0 bridgehead atoms. The molecule has 2 rings (SSSR count). The summed E-state index contributed by atoms with van der Waals surface area (Å²) in [6.45, 7) is 1.39. The predicted molar refractivity (Wildman–Crippen MR) is 70.1 cm³/mol. The smallest absolute Gasteiger partial charge is 0.142 e. The molecule has 1 heterocycles. The van der Waals surface area contributed by atoms with Gasteiger partial charge in [-0.25, -0.2) is 4.39 Å². The fourth-order valence-corrected chi connectivity index (χ4v) is 2.29. The van der Waals surface area contributed by atoms with Crippen molar-refractivity contribution in [3.63, 3.8) is 0 Å². The molecule has 1 aliphatic heterocycles. The molecule has 0 aromatic heterocycles. The summed E-state index contributed by atoms with van der Waals surface area (Å²) in [5.74, 6) is 0.539. The number of benzene rings is 1. The highest BCUT2D eigenvalue weighted by molar-refractivity contribution is 6.30. The van der Waals surface area contributed by atoms with Gasteiger partial charge in [0.2, 0.25) is 0 Å². The van der Waals surface area contributed by atoms with Gasteiger partial charge in [-0.3, -0.25) is 0 Å². The molecular weight excluding hydrogens is 264 g/mol. The second-order valence-corrected chi connectivity index (χ2v) is 4.50. The third kappa shape index (κ3) is 3.03. The molecule has 0 atom stereocenters. The number of nitrogens with one attached hydrogen (secondary N) is 1. The summed E-state index contributed by atoms with van der Waals surface area (Å²) in [7, 11) is 1.54. The maximum atomic E-state index is 14.7. The van der Waals surface area contributed by atoms with Gasteiger partial charge in [-0.05, 0) is 38.1 Å². The van der Waals surface area contributed by atoms with Crippen molar-refractivity contribution in [3.05, 3.63) is 28.8 Å². The van der Waals surface area contributed by atoms with Crippen molar-refractivity contribution < 1.29 is 9.13 Å². The first-order valence-corrected chi connectivity index (χ1v) is 5.77. The van der Waals surface area contributed by atoms with Gasteiger partial charge in [-0.2, -0.15) is 0 Å². The molecule has 5 heteroatoms. The van der Waals surface area contributed by atoms with Gasteiger partial charge in [0.05, 0.1) is 7.11 Å². The van der Waals surface area contributed by atoms with Gasteiger partial charge in [0, 0.05) is 10.6 Å². The van der Waals surface area contributed by atoms with Crippen LogP contribution in [0.1, 0.15) is 18.4 Å². The number of alkyl halides is 1. The number of hydrogen-bond acceptors (Lipinski definition) is 2. The van der Waals surface area contributed by atoms with Gasteiger partial charge in [0.25, 0.3) is 0 Å². The van der Waals surface area contributed by atoms with Crippen LogP contribution in [-0.2, 0) is 5.67 Å². The van der Waals surface area contributed by atoms with Crippen LogP contribution in [0.25, 0.3) is 0 Å². The third-order valence-corrected chi connectivity index (χ3v) is 3.28. The van der Waals surface area contributed by atoms with Crippen LogP contribution >= 0.6 is 24.0 Å². The fourth-order valence-electron chi connectivity index (χ4n) is 2.13. The Morgan fingerprint density at radius 2 is 2.00 bits per heavy atom. The van der Waals surface area contributed by atoms with Crippen molar-refractivity contribution in [1.82, 2.24) is 5.32 Å². The van der Waals surface area contributed by atoms with Crippen LogP contribution in [0.5, 0.6) is 5.75 Å². The van der Waals surface area contributed by atoms with E-state index in [1.807, 2.05) is 0 Å². The van der Waals surface area contributed by atoms with Crippen LogP contribution in [-0.4, -0.2) is 20.2 Å². The quantitative estimate of drug-likeness (QED) is 0.897. The van der Waals surface area contributed by atoms with Crippen molar-refractivity contribution in [2.45, 2.75) is 18.5 Å². The number of halogens is 3. The molecule has 17 heavy (non-hydrogen) atoms. The number of piperidine rings is 1. The summed E-state index contributed by atoms with van der Waals surface area (Å²) in [6, 6.07) is 5.11. The largest absolute Gasteiger partial charge is 0.496 e. The molecule has 0 saturated carbocycles. The highest BCUT2D eigenvalue weighted by Gasteiger charge is 2.36. The van der Waals surface area contributed by atoms with E-state index < -0.39 is 5.67 Å². The third-order valence-electron chi connectivity index (χ3n) is 3.04. The van der Waals surface area contributed by atoms with Crippen LogP contribution in [0.4, 0.5) is 4.39 Å². The maximum Gasteiger partial charge on any atom is 0.142 e.